The molecule has 1 aromatic heterocycles. The smallest absolute Gasteiger partial charge is 0.225 e. The molecule has 1 aliphatic heterocycles. The van der Waals surface area contributed by atoms with Crippen molar-refractivity contribution in [2.24, 2.45) is 0 Å². The van der Waals surface area contributed by atoms with Crippen LogP contribution in [0.25, 0.3) is 0 Å². The third kappa shape index (κ3) is 2.50. The Kier molecular flexibility index (Phi) is 3.70. The topological polar surface area (TPSA) is 63.2 Å². The maximum atomic E-state index is 12.6. The number of para-hydroxylation sites is 1. The molecule has 1 aliphatic rings. The van der Waals surface area contributed by atoms with Crippen LogP contribution in [0.4, 0.5) is 5.69 Å². The summed E-state index contributed by atoms with van der Waals surface area (Å²) in [5.74, 6) is -0.251. The lowest BCUT2D eigenvalue weighted by Gasteiger charge is -2.21. The Hall–Kier alpha value is -2.21. The van der Waals surface area contributed by atoms with E-state index in [-0.39, 0.29) is 11.7 Å². The fourth-order valence-corrected chi connectivity index (χ4v) is 3.75. The molecule has 22 heavy (non-hydrogen) atoms. The molecule has 1 atom stereocenters. The lowest BCUT2D eigenvalue weighted by atomic mass is 10.1. The van der Waals surface area contributed by atoms with Gasteiger partial charge in [-0.1, -0.05) is 23.9 Å². The van der Waals surface area contributed by atoms with Gasteiger partial charge in [-0.25, -0.2) is 9.97 Å². The summed E-state index contributed by atoms with van der Waals surface area (Å²) < 4.78 is 0. The van der Waals surface area contributed by atoms with E-state index < -0.39 is 5.37 Å². The van der Waals surface area contributed by atoms with Gasteiger partial charge in [0, 0.05) is 23.9 Å². The normalized spacial score (nSPS) is 16.8. The highest BCUT2D eigenvalue weighted by Crippen LogP contribution is 2.38. The van der Waals surface area contributed by atoms with Crippen LogP contribution in [0.5, 0.6) is 0 Å². The SMILES string of the molecule is CC(=O)N1c2ccccc2C(=O)[C@H]1Sc1nc(C)cc(C)n1. The molecule has 6 heteroatoms. The van der Waals surface area contributed by atoms with Crippen molar-refractivity contribution in [3.63, 3.8) is 0 Å². The van der Waals surface area contributed by atoms with Gasteiger partial charge in [-0.2, -0.15) is 0 Å². The second-order valence-corrected chi connectivity index (χ2v) is 6.22. The summed E-state index contributed by atoms with van der Waals surface area (Å²) >= 11 is 1.21. The summed E-state index contributed by atoms with van der Waals surface area (Å²) in [5, 5.41) is -0.133. The number of amides is 1. The number of anilines is 1. The summed E-state index contributed by atoms with van der Waals surface area (Å²) in [6.07, 6.45) is 0. The van der Waals surface area contributed by atoms with Gasteiger partial charge < -0.3 is 0 Å². The van der Waals surface area contributed by atoms with Crippen LogP contribution in [0, 0.1) is 13.8 Å². The van der Waals surface area contributed by atoms with Crippen molar-refractivity contribution in [1.82, 2.24) is 9.97 Å². The minimum atomic E-state index is -0.643. The molecule has 0 N–H and O–H groups in total. The van der Waals surface area contributed by atoms with Crippen LogP contribution in [0.1, 0.15) is 28.7 Å². The predicted octanol–water partition coefficient (Wildman–Crippen LogP) is 2.76. The number of ketones is 1. The average molecular weight is 313 g/mol. The second kappa shape index (κ2) is 5.53. The van der Waals surface area contributed by atoms with E-state index in [2.05, 4.69) is 9.97 Å². The fourth-order valence-electron chi connectivity index (χ4n) is 2.56. The Labute approximate surface area is 132 Å². The zero-order chi connectivity index (χ0) is 15.9. The van der Waals surface area contributed by atoms with Gasteiger partial charge in [-0.3, -0.25) is 14.5 Å². The standard InChI is InChI=1S/C16H15N3O2S/c1-9-8-10(2)18-16(17-9)22-15-14(21)12-6-4-5-7-13(12)19(15)11(3)20/h4-8,15H,1-3H3/t15-/m1/s1. The molecule has 0 saturated carbocycles. The Morgan fingerprint density at radius 2 is 1.82 bits per heavy atom. The minimum absolute atomic E-state index is 0.0847. The molecule has 3 rings (SSSR count). The van der Waals surface area contributed by atoms with Crippen molar-refractivity contribution in [2.45, 2.75) is 31.3 Å². The average Bonchev–Trinajstić information content (AvgIpc) is 2.71. The molecule has 1 aromatic carbocycles. The second-order valence-electron chi connectivity index (χ2n) is 5.17. The highest BCUT2D eigenvalue weighted by Gasteiger charge is 2.40. The van der Waals surface area contributed by atoms with Crippen LogP contribution >= 0.6 is 11.8 Å². The number of fused-ring (bicyclic) bond motifs is 1. The maximum absolute atomic E-state index is 12.6. The van der Waals surface area contributed by atoms with Crippen molar-refractivity contribution >= 4 is 29.1 Å². The number of carbonyl (C=O) groups excluding carboxylic acids is 2. The van der Waals surface area contributed by atoms with Crippen LogP contribution < -0.4 is 4.90 Å². The molecule has 5 nitrogen and oxygen atoms in total. The van der Waals surface area contributed by atoms with Gasteiger partial charge >= 0.3 is 0 Å². The van der Waals surface area contributed by atoms with Crippen LogP contribution in [-0.2, 0) is 4.79 Å². The number of nitrogens with zero attached hydrogens (tertiary/aromatic N) is 3. The largest absolute Gasteiger partial charge is 0.291 e. The summed E-state index contributed by atoms with van der Waals surface area (Å²) in [4.78, 5) is 34.8. The highest BCUT2D eigenvalue weighted by atomic mass is 32.2. The fraction of sp³-hybridized carbons (Fsp3) is 0.250. The van der Waals surface area contributed by atoms with Gasteiger partial charge in [0.15, 0.2) is 16.3 Å². The number of carbonyl (C=O) groups is 2. The first-order valence-electron chi connectivity index (χ1n) is 6.89. The third-order valence-corrected chi connectivity index (χ3v) is 4.45. The highest BCUT2D eigenvalue weighted by molar-refractivity contribution is 8.00. The first-order chi connectivity index (χ1) is 10.5. The third-order valence-electron chi connectivity index (χ3n) is 3.41. The van der Waals surface area contributed by atoms with Gasteiger partial charge in [0.25, 0.3) is 0 Å². The molecule has 0 radical (unpaired) electrons. The van der Waals surface area contributed by atoms with Crippen molar-refractivity contribution in [3.8, 4) is 0 Å². The monoisotopic (exact) mass is 313 g/mol. The Morgan fingerprint density at radius 1 is 1.18 bits per heavy atom. The van der Waals surface area contributed by atoms with Gasteiger partial charge in [0.1, 0.15) is 0 Å². The zero-order valence-electron chi connectivity index (χ0n) is 12.5. The van der Waals surface area contributed by atoms with Crippen LogP contribution in [-0.4, -0.2) is 27.0 Å². The summed E-state index contributed by atoms with van der Waals surface area (Å²) in [7, 11) is 0. The van der Waals surface area contributed by atoms with E-state index in [0.29, 0.717) is 16.4 Å². The van der Waals surface area contributed by atoms with Gasteiger partial charge in [0.05, 0.1) is 5.69 Å². The van der Waals surface area contributed by atoms with E-state index in [9.17, 15) is 9.59 Å². The van der Waals surface area contributed by atoms with Crippen molar-refractivity contribution in [1.29, 1.82) is 0 Å². The molecule has 0 unspecified atom stereocenters. The number of rotatable bonds is 2. The Balaban J connectivity index is 2.00. The molecule has 2 heterocycles. The number of aryl methyl sites for hydroxylation is 2. The lowest BCUT2D eigenvalue weighted by molar-refractivity contribution is -0.116. The van der Waals surface area contributed by atoms with Crippen LogP contribution in [0.3, 0.4) is 0 Å². The molecular weight excluding hydrogens is 298 g/mol. The molecule has 2 aromatic rings. The molecule has 112 valence electrons. The number of aromatic nitrogens is 2. The number of hydrogen-bond donors (Lipinski definition) is 0. The number of hydrogen-bond acceptors (Lipinski definition) is 5. The first kappa shape index (κ1) is 14.7. The van der Waals surface area contributed by atoms with E-state index >= 15 is 0 Å². The minimum Gasteiger partial charge on any atom is -0.291 e. The van der Waals surface area contributed by atoms with E-state index in [4.69, 9.17) is 0 Å². The number of benzene rings is 1. The molecule has 0 saturated heterocycles. The van der Waals surface area contributed by atoms with Crippen molar-refractivity contribution in [2.75, 3.05) is 4.90 Å². The number of thioether (sulfide) groups is 1. The van der Waals surface area contributed by atoms with Crippen molar-refractivity contribution < 1.29 is 9.59 Å². The lowest BCUT2D eigenvalue weighted by Crippen LogP contribution is -2.36. The quantitative estimate of drug-likeness (QED) is 0.798. The maximum Gasteiger partial charge on any atom is 0.225 e. The van der Waals surface area contributed by atoms with E-state index in [1.54, 1.807) is 18.2 Å². The summed E-state index contributed by atoms with van der Waals surface area (Å²) in [5.41, 5.74) is 2.90. The van der Waals surface area contributed by atoms with Crippen LogP contribution in [0.15, 0.2) is 35.5 Å². The van der Waals surface area contributed by atoms with Gasteiger partial charge in [0.2, 0.25) is 5.91 Å². The molecule has 0 spiro atoms. The first-order valence-corrected chi connectivity index (χ1v) is 7.77. The zero-order valence-corrected chi connectivity index (χ0v) is 13.3. The molecular formula is C16H15N3O2S. The van der Waals surface area contributed by atoms with E-state index in [1.807, 2.05) is 26.0 Å². The molecule has 0 fully saturated rings. The molecule has 0 aliphatic carbocycles. The van der Waals surface area contributed by atoms with Gasteiger partial charge in [-0.05, 0) is 32.0 Å². The van der Waals surface area contributed by atoms with E-state index in [1.165, 1.54) is 23.6 Å². The molecule has 0 bridgehead atoms. The predicted molar refractivity (Wildman–Crippen MR) is 85.1 cm³/mol. The molecule has 1 amide bonds. The van der Waals surface area contributed by atoms with Crippen LogP contribution in [0.2, 0.25) is 0 Å². The Morgan fingerprint density at radius 3 is 2.45 bits per heavy atom. The Bertz CT molecular complexity index is 755. The summed E-state index contributed by atoms with van der Waals surface area (Å²) in [6, 6.07) is 9.03. The number of Topliss-reactive ketones (excluding diaryl/α,β-unsaturated/α-hetero) is 1. The van der Waals surface area contributed by atoms with Gasteiger partial charge in [-0.15, -0.1) is 0 Å². The summed E-state index contributed by atoms with van der Waals surface area (Å²) in [6.45, 7) is 5.23. The van der Waals surface area contributed by atoms with Crippen molar-refractivity contribution in [3.05, 3.63) is 47.3 Å². The van der Waals surface area contributed by atoms with E-state index in [0.717, 1.165) is 11.4 Å².